The van der Waals surface area contributed by atoms with Crippen LogP contribution in [0.2, 0.25) is 0 Å². The third-order valence-electron chi connectivity index (χ3n) is 1.25. The Morgan fingerprint density at radius 1 is 1.64 bits per heavy atom. The summed E-state index contributed by atoms with van der Waals surface area (Å²) >= 11 is 1.73. The Bertz CT molecular complexity index is 249. The highest BCUT2D eigenvalue weighted by Gasteiger charge is 1.99. The highest BCUT2D eigenvalue weighted by atomic mass is 32.2. The molecule has 0 aromatic carbocycles. The van der Waals surface area contributed by atoms with E-state index in [-0.39, 0.29) is 0 Å². The minimum absolute atomic E-state index is 0.350. The number of aromatic nitrogens is 2. The van der Waals surface area contributed by atoms with Crippen molar-refractivity contribution in [1.29, 1.82) is 0 Å². The molecule has 60 valence electrons. The van der Waals surface area contributed by atoms with E-state index in [1.807, 2.05) is 6.92 Å². The molecule has 0 fully saturated rings. The smallest absolute Gasteiger partial charge is 0.220 e. The van der Waals surface area contributed by atoms with Crippen molar-refractivity contribution in [3.8, 4) is 0 Å². The van der Waals surface area contributed by atoms with E-state index in [2.05, 4.69) is 16.9 Å². The minimum atomic E-state index is 0.350. The van der Waals surface area contributed by atoms with Gasteiger partial charge in [0, 0.05) is 11.1 Å². The molecule has 0 saturated carbocycles. The Labute approximate surface area is 70.4 Å². The van der Waals surface area contributed by atoms with Crippen LogP contribution in [-0.4, -0.2) is 15.7 Å². The molecular formula is C7H11N3S. The summed E-state index contributed by atoms with van der Waals surface area (Å²) in [6, 6.07) is 0. The van der Waals surface area contributed by atoms with E-state index < -0.39 is 0 Å². The van der Waals surface area contributed by atoms with E-state index in [1.165, 1.54) is 0 Å². The van der Waals surface area contributed by atoms with Crippen molar-refractivity contribution >= 4 is 17.7 Å². The van der Waals surface area contributed by atoms with Crippen LogP contribution in [0.3, 0.4) is 0 Å². The molecule has 11 heavy (non-hydrogen) atoms. The zero-order valence-corrected chi connectivity index (χ0v) is 7.48. The number of hydrogen-bond donors (Lipinski definition) is 1. The molecule has 0 spiro atoms. The SMILES string of the molecule is CCSc1cnc(N)nc1C. The van der Waals surface area contributed by atoms with E-state index >= 15 is 0 Å². The fourth-order valence-corrected chi connectivity index (χ4v) is 1.46. The molecule has 0 saturated heterocycles. The molecule has 0 amide bonds. The number of nitrogens with two attached hydrogens (primary N) is 1. The van der Waals surface area contributed by atoms with Crippen LogP contribution >= 0.6 is 11.8 Å². The van der Waals surface area contributed by atoms with E-state index in [0.29, 0.717) is 5.95 Å². The van der Waals surface area contributed by atoms with Crippen molar-refractivity contribution in [3.05, 3.63) is 11.9 Å². The maximum atomic E-state index is 5.39. The van der Waals surface area contributed by atoms with Crippen molar-refractivity contribution in [2.24, 2.45) is 0 Å². The van der Waals surface area contributed by atoms with E-state index in [0.717, 1.165) is 16.3 Å². The summed E-state index contributed by atoms with van der Waals surface area (Å²) in [5, 5.41) is 0. The highest BCUT2D eigenvalue weighted by molar-refractivity contribution is 7.99. The number of hydrogen-bond acceptors (Lipinski definition) is 4. The van der Waals surface area contributed by atoms with Crippen LogP contribution in [0, 0.1) is 6.92 Å². The summed E-state index contributed by atoms with van der Waals surface area (Å²) in [7, 11) is 0. The van der Waals surface area contributed by atoms with Crippen molar-refractivity contribution in [3.63, 3.8) is 0 Å². The molecule has 0 atom stereocenters. The molecule has 4 heteroatoms. The van der Waals surface area contributed by atoms with Gasteiger partial charge in [0.1, 0.15) is 0 Å². The molecule has 1 aromatic rings. The summed E-state index contributed by atoms with van der Waals surface area (Å²) in [4.78, 5) is 9.06. The minimum Gasteiger partial charge on any atom is -0.368 e. The second-order valence-corrected chi connectivity index (χ2v) is 3.42. The summed E-state index contributed by atoms with van der Waals surface area (Å²) in [6.07, 6.45) is 1.77. The lowest BCUT2D eigenvalue weighted by atomic mass is 10.4. The Hall–Kier alpha value is -0.770. The lowest BCUT2D eigenvalue weighted by Gasteiger charge is -2.01. The van der Waals surface area contributed by atoms with Gasteiger partial charge in [0.25, 0.3) is 0 Å². The average molecular weight is 169 g/mol. The van der Waals surface area contributed by atoms with E-state index in [4.69, 9.17) is 5.73 Å². The Balaban J connectivity index is 2.90. The molecular weight excluding hydrogens is 158 g/mol. The van der Waals surface area contributed by atoms with Gasteiger partial charge < -0.3 is 5.73 Å². The second-order valence-electron chi connectivity index (χ2n) is 2.11. The van der Waals surface area contributed by atoms with Gasteiger partial charge in [-0.3, -0.25) is 0 Å². The summed E-state index contributed by atoms with van der Waals surface area (Å²) in [5.41, 5.74) is 6.35. The summed E-state index contributed by atoms with van der Waals surface area (Å²) in [6.45, 7) is 4.04. The third kappa shape index (κ3) is 2.08. The van der Waals surface area contributed by atoms with Gasteiger partial charge in [-0.1, -0.05) is 6.92 Å². The van der Waals surface area contributed by atoms with Crippen LogP contribution in [0.5, 0.6) is 0 Å². The van der Waals surface area contributed by atoms with Crippen molar-refractivity contribution in [2.75, 3.05) is 11.5 Å². The number of nitrogens with zero attached hydrogens (tertiary/aromatic N) is 2. The molecule has 1 heterocycles. The van der Waals surface area contributed by atoms with E-state index in [9.17, 15) is 0 Å². The second kappa shape index (κ2) is 3.57. The number of anilines is 1. The van der Waals surface area contributed by atoms with Gasteiger partial charge in [-0.25, -0.2) is 9.97 Å². The van der Waals surface area contributed by atoms with Gasteiger partial charge in [0.2, 0.25) is 5.95 Å². The van der Waals surface area contributed by atoms with Crippen LogP contribution in [0.1, 0.15) is 12.6 Å². The summed E-state index contributed by atoms with van der Waals surface area (Å²) in [5.74, 6) is 1.39. The predicted octanol–water partition coefficient (Wildman–Crippen LogP) is 1.48. The Morgan fingerprint density at radius 3 is 2.91 bits per heavy atom. The number of thioether (sulfide) groups is 1. The van der Waals surface area contributed by atoms with Gasteiger partial charge in [-0.2, -0.15) is 0 Å². The van der Waals surface area contributed by atoms with Gasteiger partial charge in [0.05, 0.1) is 5.69 Å². The quantitative estimate of drug-likeness (QED) is 0.681. The molecule has 0 radical (unpaired) electrons. The topological polar surface area (TPSA) is 51.8 Å². The van der Waals surface area contributed by atoms with Crippen LogP contribution in [0.15, 0.2) is 11.1 Å². The molecule has 0 aliphatic carbocycles. The lowest BCUT2D eigenvalue weighted by molar-refractivity contribution is 1.04. The molecule has 0 aliphatic heterocycles. The maximum Gasteiger partial charge on any atom is 0.220 e. The molecule has 0 bridgehead atoms. The van der Waals surface area contributed by atoms with Crippen LogP contribution in [0.25, 0.3) is 0 Å². The third-order valence-corrected chi connectivity index (χ3v) is 2.25. The first-order chi connectivity index (χ1) is 5.24. The fourth-order valence-electron chi connectivity index (χ4n) is 0.771. The fraction of sp³-hybridized carbons (Fsp3) is 0.429. The zero-order valence-electron chi connectivity index (χ0n) is 6.66. The normalized spacial score (nSPS) is 10.0. The zero-order chi connectivity index (χ0) is 8.27. The van der Waals surface area contributed by atoms with Gasteiger partial charge >= 0.3 is 0 Å². The predicted molar refractivity (Wildman–Crippen MR) is 47.6 cm³/mol. The average Bonchev–Trinajstić information content (AvgIpc) is 1.95. The van der Waals surface area contributed by atoms with Gasteiger partial charge in [-0.05, 0) is 12.7 Å². The number of rotatable bonds is 2. The molecule has 3 nitrogen and oxygen atoms in total. The lowest BCUT2D eigenvalue weighted by Crippen LogP contribution is -1.97. The largest absolute Gasteiger partial charge is 0.368 e. The molecule has 0 unspecified atom stereocenters. The van der Waals surface area contributed by atoms with Crippen molar-refractivity contribution < 1.29 is 0 Å². The Morgan fingerprint density at radius 2 is 2.36 bits per heavy atom. The Kier molecular flexibility index (Phi) is 2.70. The molecule has 1 aromatic heterocycles. The standard InChI is InChI=1S/C7H11N3S/c1-3-11-6-4-9-7(8)10-5(6)2/h4H,3H2,1-2H3,(H2,8,9,10). The number of nitrogen functional groups attached to an aromatic ring is 1. The number of aryl methyl sites for hydroxylation is 1. The molecule has 1 rings (SSSR count). The van der Waals surface area contributed by atoms with Crippen molar-refractivity contribution in [1.82, 2.24) is 9.97 Å². The first kappa shape index (κ1) is 8.33. The first-order valence-corrected chi connectivity index (χ1v) is 4.44. The van der Waals surface area contributed by atoms with Gasteiger partial charge in [0.15, 0.2) is 0 Å². The molecule has 2 N–H and O–H groups in total. The summed E-state index contributed by atoms with van der Waals surface area (Å²) < 4.78 is 0. The van der Waals surface area contributed by atoms with Crippen LogP contribution in [-0.2, 0) is 0 Å². The highest BCUT2D eigenvalue weighted by Crippen LogP contribution is 2.19. The van der Waals surface area contributed by atoms with Crippen LogP contribution < -0.4 is 5.73 Å². The van der Waals surface area contributed by atoms with Gasteiger partial charge in [-0.15, -0.1) is 11.8 Å². The first-order valence-electron chi connectivity index (χ1n) is 3.46. The van der Waals surface area contributed by atoms with E-state index in [1.54, 1.807) is 18.0 Å². The monoisotopic (exact) mass is 169 g/mol. The van der Waals surface area contributed by atoms with Crippen molar-refractivity contribution in [2.45, 2.75) is 18.7 Å². The maximum absolute atomic E-state index is 5.39. The molecule has 0 aliphatic rings. The van der Waals surface area contributed by atoms with Crippen LogP contribution in [0.4, 0.5) is 5.95 Å².